The third kappa shape index (κ3) is 7.62. The lowest BCUT2D eigenvalue weighted by molar-refractivity contribution is -0.426. The number of hydrogen-bond acceptors (Lipinski definition) is 8. The second kappa shape index (κ2) is 12.2. The number of aliphatic carboxylic acids is 1. The van der Waals surface area contributed by atoms with Gasteiger partial charge in [0.2, 0.25) is 0 Å². The van der Waals surface area contributed by atoms with Gasteiger partial charge in [-0.2, -0.15) is 8.78 Å². The van der Waals surface area contributed by atoms with Gasteiger partial charge >= 0.3 is 23.9 Å². The summed E-state index contributed by atoms with van der Waals surface area (Å²) in [5.74, 6) is -13.5. The lowest BCUT2D eigenvalue weighted by Gasteiger charge is -2.37. The minimum absolute atomic E-state index is 0.0267. The van der Waals surface area contributed by atoms with Crippen molar-refractivity contribution in [3.05, 3.63) is 64.7 Å². The van der Waals surface area contributed by atoms with Crippen molar-refractivity contribution in [2.45, 2.75) is 56.6 Å². The first-order valence-corrected chi connectivity index (χ1v) is 12.4. The van der Waals surface area contributed by atoms with Crippen molar-refractivity contribution in [3.63, 3.8) is 0 Å². The predicted molar refractivity (Wildman–Crippen MR) is 133 cm³/mol. The number of benzene rings is 2. The molecule has 0 aliphatic carbocycles. The Balaban J connectivity index is 0.000000587. The van der Waals surface area contributed by atoms with E-state index in [9.17, 15) is 47.6 Å². The van der Waals surface area contributed by atoms with Crippen LogP contribution in [0.4, 0.5) is 22.4 Å². The Morgan fingerprint density at radius 1 is 1.10 bits per heavy atom. The molecule has 0 saturated carbocycles. The third-order valence-corrected chi connectivity index (χ3v) is 6.69. The molecule has 0 aromatic heterocycles. The molecule has 15 heteroatoms. The van der Waals surface area contributed by atoms with Gasteiger partial charge in [-0.15, -0.1) is 0 Å². The second-order valence-electron chi connectivity index (χ2n) is 9.96. The van der Waals surface area contributed by atoms with Crippen molar-refractivity contribution in [1.82, 2.24) is 15.1 Å². The van der Waals surface area contributed by atoms with E-state index in [4.69, 9.17) is 9.84 Å². The van der Waals surface area contributed by atoms with Crippen LogP contribution in [0.25, 0.3) is 0 Å². The lowest BCUT2D eigenvalue weighted by atomic mass is 10.0. The summed E-state index contributed by atoms with van der Waals surface area (Å²) < 4.78 is 54.9. The minimum atomic E-state index is -3.58. The molecule has 1 saturated heterocycles. The molecule has 41 heavy (non-hydrogen) atoms. The molecular formula is C26H31F4N3O8. The smallest absolute Gasteiger partial charge is 0.384 e. The molecule has 6 N–H and O–H groups in total. The molecular weight excluding hydrogens is 558 g/mol. The maximum Gasteiger partial charge on any atom is 0.384 e. The van der Waals surface area contributed by atoms with Crippen molar-refractivity contribution in [2.24, 2.45) is 0 Å². The molecule has 4 rings (SSSR count). The second-order valence-corrected chi connectivity index (χ2v) is 9.96. The Hall–Kier alpha value is -3.50. The number of aliphatic hydroxyl groups is 4. The van der Waals surface area contributed by atoms with E-state index in [-0.39, 0.29) is 36.0 Å². The average molecular weight is 590 g/mol. The fourth-order valence-electron chi connectivity index (χ4n) is 4.23. The Kier molecular flexibility index (Phi) is 9.50. The highest BCUT2D eigenvalue weighted by Crippen LogP contribution is 2.43. The molecule has 2 aromatic rings. The SMILES string of the molecule is CC(F)(F)C(=O)O.CN1CCC(N(Cc2ccc(F)cc2F)C(=O)NCc2ccc3c(c2)C(O)(O)C(O)(O)O3)CC1. The van der Waals surface area contributed by atoms with Gasteiger partial charge in [0.15, 0.2) is 0 Å². The highest BCUT2D eigenvalue weighted by Gasteiger charge is 2.59. The van der Waals surface area contributed by atoms with E-state index in [0.717, 1.165) is 25.2 Å². The fraction of sp³-hybridized carbons (Fsp3) is 0.462. The number of likely N-dealkylation sites (tertiary alicyclic amines) is 1. The molecule has 2 heterocycles. The van der Waals surface area contributed by atoms with Crippen molar-refractivity contribution in [2.75, 3.05) is 20.1 Å². The van der Waals surface area contributed by atoms with Crippen LogP contribution in [0, 0.1) is 11.6 Å². The van der Waals surface area contributed by atoms with Crippen LogP contribution in [0.5, 0.6) is 5.75 Å². The van der Waals surface area contributed by atoms with Crippen LogP contribution < -0.4 is 10.1 Å². The molecule has 2 amide bonds. The molecule has 0 bridgehead atoms. The summed E-state index contributed by atoms with van der Waals surface area (Å²) in [4.78, 5) is 26.1. The predicted octanol–water partition coefficient (Wildman–Crippen LogP) is 1.67. The number of nitrogens with zero attached hydrogens (tertiary/aromatic N) is 2. The van der Waals surface area contributed by atoms with E-state index < -0.39 is 41.3 Å². The van der Waals surface area contributed by atoms with Crippen LogP contribution in [0.15, 0.2) is 36.4 Å². The number of amides is 2. The Morgan fingerprint density at radius 3 is 2.27 bits per heavy atom. The van der Waals surface area contributed by atoms with Gasteiger partial charge in [0.1, 0.15) is 17.4 Å². The van der Waals surface area contributed by atoms with Crippen LogP contribution in [-0.2, 0) is 23.7 Å². The summed E-state index contributed by atoms with van der Waals surface area (Å²) in [5.41, 5.74) is 0.375. The summed E-state index contributed by atoms with van der Waals surface area (Å²) in [6, 6.07) is 6.76. The highest BCUT2D eigenvalue weighted by atomic mass is 19.3. The molecule has 0 unspecified atom stereocenters. The van der Waals surface area contributed by atoms with Gasteiger partial charge < -0.3 is 45.4 Å². The van der Waals surface area contributed by atoms with E-state index in [1.54, 1.807) is 0 Å². The average Bonchev–Trinajstić information content (AvgIpc) is 3.05. The molecule has 2 aliphatic rings. The number of carboxylic acids is 1. The number of piperidine rings is 1. The van der Waals surface area contributed by atoms with Crippen LogP contribution >= 0.6 is 0 Å². The van der Waals surface area contributed by atoms with Crippen molar-refractivity contribution < 1.29 is 57.4 Å². The number of urea groups is 1. The molecule has 2 aromatic carbocycles. The van der Waals surface area contributed by atoms with Crippen LogP contribution in [-0.4, -0.2) is 85.4 Å². The number of rotatable bonds is 6. The maximum atomic E-state index is 14.3. The van der Waals surface area contributed by atoms with E-state index in [2.05, 4.69) is 10.2 Å². The summed E-state index contributed by atoms with van der Waals surface area (Å²) in [7, 11) is 1.98. The maximum absolute atomic E-state index is 14.3. The van der Waals surface area contributed by atoms with Gasteiger partial charge in [0.05, 0.1) is 12.1 Å². The van der Waals surface area contributed by atoms with Crippen LogP contribution in [0.2, 0.25) is 0 Å². The number of carbonyl (C=O) groups excluding carboxylic acids is 1. The van der Waals surface area contributed by atoms with Crippen molar-refractivity contribution in [1.29, 1.82) is 0 Å². The Labute approximate surface area is 232 Å². The van der Waals surface area contributed by atoms with Crippen molar-refractivity contribution in [3.8, 4) is 5.75 Å². The van der Waals surface area contributed by atoms with Crippen molar-refractivity contribution >= 4 is 12.0 Å². The zero-order valence-corrected chi connectivity index (χ0v) is 22.2. The largest absolute Gasteiger partial charge is 0.477 e. The monoisotopic (exact) mass is 589 g/mol. The third-order valence-electron chi connectivity index (χ3n) is 6.69. The topological polar surface area (TPSA) is 163 Å². The quantitative estimate of drug-likeness (QED) is 0.217. The molecule has 11 nitrogen and oxygen atoms in total. The lowest BCUT2D eigenvalue weighted by Crippen LogP contribution is -2.51. The van der Waals surface area contributed by atoms with Gasteiger partial charge in [-0.1, -0.05) is 12.1 Å². The molecule has 0 radical (unpaired) electrons. The molecule has 2 aliphatic heterocycles. The molecule has 0 atom stereocenters. The zero-order chi connectivity index (χ0) is 30.8. The Morgan fingerprint density at radius 2 is 1.71 bits per heavy atom. The van der Waals surface area contributed by atoms with Gasteiger partial charge in [-0.05, 0) is 56.7 Å². The number of halogens is 4. The number of carbonyl (C=O) groups is 2. The van der Waals surface area contributed by atoms with Gasteiger partial charge in [0.25, 0.3) is 5.79 Å². The highest BCUT2D eigenvalue weighted by molar-refractivity contribution is 5.75. The molecule has 0 spiro atoms. The first-order chi connectivity index (χ1) is 18.9. The van der Waals surface area contributed by atoms with Gasteiger partial charge in [-0.3, -0.25) is 0 Å². The van der Waals surface area contributed by atoms with Crippen LogP contribution in [0.3, 0.4) is 0 Å². The van der Waals surface area contributed by atoms with E-state index in [0.29, 0.717) is 25.3 Å². The number of hydrogen-bond donors (Lipinski definition) is 6. The van der Waals surface area contributed by atoms with Gasteiger partial charge in [-0.25, -0.2) is 18.4 Å². The first-order valence-electron chi connectivity index (χ1n) is 12.4. The summed E-state index contributed by atoms with van der Waals surface area (Å²) in [6.45, 7) is 1.79. The Bertz CT molecular complexity index is 1260. The number of nitrogens with one attached hydrogen (secondary N) is 1. The fourth-order valence-corrected chi connectivity index (χ4v) is 4.23. The molecule has 226 valence electrons. The zero-order valence-electron chi connectivity index (χ0n) is 22.2. The minimum Gasteiger partial charge on any atom is -0.477 e. The number of ether oxygens (including phenoxy) is 1. The first kappa shape index (κ1) is 32.0. The molecule has 1 fully saturated rings. The van der Waals surface area contributed by atoms with E-state index in [1.165, 1.54) is 29.2 Å². The summed E-state index contributed by atoms with van der Waals surface area (Å²) in [5, 5.41) is 49.6. The van der Waals surface area contributed by atoms with E-state index in [1.807, 2.05) is 7.05 Å². The summed E-state index contributed by atoms with van der Waals surface area (Å²) in [6.07, 6.45) is 1.38. The number of alkyl halides is 2. The van der Waals surface area contributed by atoms with Crippen LogP contribution in [0.1, 0.15) is 36.5 Å². The number of carboxylic acid groups (broad SMARTS) is 1. The summed E-state index contributed by atoms with van der Waals surface area (Å²) >= 11 is 0. The standard InChI is InChI=1S/C23H27F2N3O6.C3H4F2O2/c1-27-8-6-17(7-9-27)28(13-15-3-4-16(24)11-19(15)25)21(29)26-12-14-2-5-20-18(10-14)22(30,31)23(32,33)34-20;1-3(4,5)2(6)7/h2-5,10-11,17,30-33H,6-9,12-13H2,1H3,(H,26,29);1H3,(H,6,7). The van der Waals surface area contributed by atoms with E-state index >= 15 is 0 Å². The normalized spacial score (nSPS) is 18.0. The van der Waals surface area contributed by atoms with Gasteiger partial charge in [0, 0.05) is 31.1 Å². The number of fused-ring (bicyclic) bond motifs is 1.